The SMILES string of the molecule is CCc1cc(F)cc(C)c1C(=O)NC(Cc1ccc(-c2nnc(CNc3cc(OC)ccn3)s2)cc1)C(=O)O. The minimum Gasteiger partial charge on any atom is -0.497 e. The molecule has 4 aromatic rings. The Hall–Kier alpha value is -4.38. The lowest BCUT2D eigenvalue weighted by Crippen LogP contribution is -2.42. The molecule has 0 radical (unpaired) electrons. The number of ether oxygens (including phenoxy) is 1. The molecular formula is C28H28FN5O4S. The molecular weight excluding hydrogens is 521 g/mol. The molecule has 0 spiro atoms. The van der Waals surface area contributed by atoms with E-state index in [2.05, 4.69) is 25.8 Å². The van der Waals surface area contributed by atoms with Crippen molar-refractivity contribution in [2.75, 3.05) is 12.4 Å². The molecule has 0 aliphatic rings. The number of benzene rings is 2. The van der Waals surface area contributed by atoms with Crippen molar-refractivity contribution in [1.29, 1.82) is 0 Å². The number of aromatic nitrogens is 3. The summed E-state index contributed by atoms with van der Waals surface area (Å²) in [7, 11) is 1.59. The first kappa shape index (κ1) is 27.6. The van der Waals surface area contributed by atoms with Gasteiger partial charge in [-0.2, -0.15) is 0 Å². The number of rotatable bonds is 11. The van der Waals surface area contributed by atoms with Crippen molar-refractivity contribution in [2.45, 2.75) is 39.3 Å². The van der Waals surface area contributed by atoms with E-state index < -0.39 is 23.7 Å². The van der Waals surface area contributed by atoms with Crippen LogP contribution in [0.3, 0.4) is 0 Å². The lowest BCUT2D eigenvalue weighted by molar-refractivity contribution is -0.139. The van der Waals surface area contributed by atoms with Gasteiger partial charge < -0.3 is 20.5 Å². The lowest BCUT2D eigenvalue weighted by Gasteiger charge is -2.17. The molecule has 0 fully saturated rings. The molecule has 202 valence electrons. The fourth-order valence-corrected chi connectivity index (χ4v) is 4.89. The van der Waals surface area contributed by atoms with Crippen molar-refractivity contribution in [2.24, 2.45) is 0 Å². The number of carbonyl (C=O) groups excluding carboxylic acids is 1. The van der Waals surface area contributed by atoms with Gasteiger partial charge in [0.1, 0.15) is 33.4 Å². The summed E-state index contributed by atoms with van der Waals surface area (Å²) < 4.78 is 19.0. The number of carboxylic acids is 1. The standard InChI is InChI=1S/C28H28FN5O4S/c1-4-18-13-20(29)11-16(2)25(18)26(35)32-22(28(36)37)12-17-5-7-19(8-6-17)27-34-33-24(39-27)15-31-23-14-21(38-3)9-10-30-23/h5-11,13-14,22H,4,12,15H2,1-3H3,(H,30,31)(H,32,35)(H,36,37). The van der Waals surface area contributed by atoms with Gasteiger partial charge in [0.15, 0.2) is 0 Å². The third-order valence-electron chi connectivity index (χ3n) is 6.09. The van der Waals surface area contributed by atoms with E-state index in [0.29, 0.717) is 41.2 Å². The Labute approximate surface area is 229 Å². The van der Waals surface area contributed by atoms with Gasteiger partial charge in [-0.05, 0) is 48.2 Å². The van der Waals surface area contributed by atoms with Gasteiger partial charge in [0.05, 0.1) is 13.7 Å². The normalized spacial score (nSPS) is 11.6. The van der Waals surface area contributed by atoms with Crippen molar-refractivity contribution in [3.63, 3.8) is 0 Å². The number of aliphatic carboxylic acids is 1. The van der Waals surface area contributed by atoms with Gasteiger partial charge >= 0.3 is 5.97 Å². The van der Waals surface area contributed by atoms with E-state index >= 15 is 0 Å². The second-order valence-electron chi connectivity index (χ2n) is 8.81. The van der Waals surface area contributed by atoms with Crippen molar-refractivity contribution >= 4 is 29.0 Å². The number of aryl methyl sites for hydroxylation is 2. The Kier molecular flexibility index (Phi) is 8.82. The zero-order valence-electron chi connectivity index (χ0n) is 21.7. The maximum absolute atomic E-state index is 13.8. The Balaban J connectivity index is 1.40. The second kappa shape index (κ2) is 12.4. The van der Waals surface area contributed by atoms with Gasteiger partial charge in [0, 0.05) is 29.8 Å². The Morgan fingerprint density at radius 1 is 1.13 bits per heavy atom. The Bertz CT molecular complexity index is 1480. The van der Waals surface area contributed by atoms with Crippen LogP contribution in [0.1, 0.15) is 39.0 Å². The number of methoxy groups -OCH3 is 1. The highest BCUT2D eigenvalue weighted by Gasteiger charge is 2.24. The van der Waals surface area contributed by atoms with Crippen LogP contribution < -0.4 is 15.4 Å². The highest BCUT2D eigenvalue weighted by Crippen LogP contribution is 2.25. The van der Waals surface area contributed by atoms with Gasteiger partial charge in [0.25, 0.3) is 5.91 Å². The van der Waals surface area contributed by atoms with Crippen molar-refractivity contribution in [3.05, 3.63) is 87.8 Å². The fraction of sp³-hybridized carbons (Fsp3) is 0.250. The summed E-state index contributed by atoms with van der Waals surface area (Å²) in [6.07, 6.45) is 2.19. The molecule has 1 atom stereocenters. The molecule has 0 saturated heterocycles. The number of carboxylic acid groups (broad SMARTS) is 1. The summed E-state index contributed by atoms with van der Waals surface area (Å²) in [5.74, 6) is -0.754. The Morgan fingerprint density at radius 2 is 1.90 bits per heavy atom. The minimum absolute atomic E-state index is 0.0852. The topological polar surface area (TPSA) is 126 Å². The first-order valence-electron chi connectivity index (χ1n) is 12.3. The van der Waals surface area contributed by atoms with Gasteiger partial charge in [-0.15, -0.1) is 10.2 Å². The number of hydrogen-bond donors (Lipinski definition) is 3. The maximum Gasteiger partial charge on any atom is 0.326 e. The molecule has 39 heavy (non-hydrogen) atoms. The van der Waals surface area contributed by atoms with Gasteiger partial charge in [-0.3, -0.25) is 4.79 Å². The van der Waals surface area contributed by atoms with Crippen LogP contribution in [-0.4, -0.2) is 45.3 Å². The van der Waals surface area contributed by atoms with E-state index in [9.17, 15) is 19.1 Å². The molecule has 2 heterocycles. The van der Waals surface area contributed by atoms with E-state index in [1.54, 1.807) is 44.5 Å². The van der Waals surface area contributed by atoms with Crippen LogP contribution in [0.25, 0.3) is 10.6 Å². The van der Waals surface area contributed by atoms with Crippen LogP contribution in [0.15, 0.2) is 54.7 Å². The monoisotopic (exact) mass is 549 g/mol. The molecule has 3 N–H and O–H groups in total. The number of pyridine rings is 1. The largest absolute Gasteiger partial charge is 0.497 e. The Morgan fingerprint density at radius 3 is 2.59 bits per heavy atom. The molecule has 11 heteroatoms. The summed E-state index contributed by atoms with van der Waals surface area (Å²) in [6.45, 7) is 3.90. The van der Waals surface area contributed by atoms with Crippen LogP contribution >= 0.6 is 11.3 Å². The highest BCUT2D eigenvalue weighted by molar-refractivity contribution is 7.14. The molecule has 0 bridgehead atoms. The third-order valence-corrected chi connectivity index (χ3v) is 7.06. The first-order valence-corrected chi connectivity index (χ1v) is 13.1. The second-order valence-corrected chi connectivity index (χ2v) is 9.87. The molecule has 4 rings (SSSR count). The van der Waals surface area contributed by atoms with E-state index in [1.807, 2.05) is 19.1 Å². The van der Waals surface area contributed by atoms with Crippen LogP contribution in [-0.2, 0) is 24.2 Å². The molecule has 0 aliphatic carbocycles. The lowest BCUT2D eigenvalue weighted by atomic mass is 9.98. The van der Waals surface area contributed by atoms with Gasteiger partial charge in [0.2, 0.25) is 0 Å². The number of amides is 1. The molecule has 0 aliphatic heterocycles. The van der Waals surface area contributed by atoms with Crippen molar-refractivity contribution in [3.8, 4) is 16.3 Å². The van der Waals surface area contributed by atoms with E-state index in [0.717, 1.165) is 21.1 Å². The number of nitrogens with one attached hydrogen (secondary N) is 2. The van der Waals surface area contributed by atoms with Crippen LogP contribution in [0.4, 0.5) is 10.2 Å². The highest BCUT2D eigenvalue weighted by atomic mass is 32.1. The van der Waals surface area contributed by atoms with Gasteiger partial charge in [-0.1, -0.05) is 42.5 Å². The third kappa shape index (κ3) is 6.94. The summed E-state index contributed by atoms with van der Waals surface area (Å²) >= 11 is 1.43. The van der Waals surface area contributed by atoms with E-state index in [1.165, 1.54) is 23.5 Å². The average molecular weight is 550 g/mol. The van der Waals surface area contributed by atoms with Crippen molar-refractivity contribution < 1.29 is 23.8 Å². The zero-order chi connectivity index (χ0) is 27.9. The average Bonchev–Trinajstić information content (AvgIpc) is 3.40. The summed E-state index contributed by atoms with van der Waals surface area (Å²) in [5.41, 5.74) is 2.87. The molecule has 0 saturated carbocycles. The summed E-state index contributed by atoms with van der Waals surface area (Å²) in [4.78, 5) is 29.1. The number of carbonyl (C=O) groups is 2. The summed E-state index contributed by atoms with van der Waals surface area (Å²) in [5, 5.41) is 25.5. The fourth-order valence-electron chi connectivity index (χ4n) is 4.11. The molecule has 2 aromatic heterocycles. The predicted octanol–water partition coefficient (Wildman–Crippen LogP) is 4.66. The van der Waals surface area contributed by atoms with Crippen LogP contribution in [0.5, 0.6) is 5.75 Å². The number of hydrogen-bond acceptors (Lipinski definition) is 8. The molecule has 2 aromatic carbocycles. The molecule has 9 nitrogen and oxygen atoms in total. The number of anilines is 1. The van der Waals surface area contributed by atoms with Crippen LogP contribution in [0.2, 0.25) is 0 Å². The molecule has 1 amide bonds. The number of nitrogens with zero attached hydrogens (tertiary/aromatic N) is 3. The quantitative estimate of drug-likeness (QED) is 0.247. The predicted molar refractivity (Wildman–Crippen MR) is 147 cm³/mol. The molecule has 1 unspecified atom stereocenters. The first-order chi connectivity index (χ1) is 18.8. The zero-order valence-corrected chi connectivity index (χ0v) is 22.5. The van der Waals surface area contributed by atoms with E-state index in [4.69, 9.17) is 4.74 Å². The van der Waals surface area contributed by atoms with E-state index in [-0.39, 0.29) is 6.42 Å². The summed E-state index contributed by atoms with van der Waals surface area (Å²) in [6, 6.07) is 12.3. The van der Waals surface area contributed by atoms with Crippen LogP contribution in [0, 0.1) is 12.7 Å². The van der Waals surface area contributed by atoms with Gasteiger partial charge in [-0.25, -0.2) is 14.2 Å². The minimum atomic E-state index is -1.16. The smallest absolute Gasteiger partial charge is 0.326 e. The maximum atomic E-state index is 13.8. The van der Waals surface area contributed by atoms with Crippen molar-refractivity contribution in [1.82, 2.24) is 20.5 Å². The number of halogens is 1.